The molecule has 1 aliphatic carbocycles. The van der Waals surface area contributed by atoms with Crippen molar-refractivity contribution in [3.8, 4) is 0 Å². The highest BCUT2D eigenvalue weighted by molar-refractivity contribution is 7.15. The Morgan fingerprint density at radius 1 is 1.17 bits per heavy atom. The van der Waals surface area contributed by atoms with Crippen LogP contribution in [0.25, 0.3) is 16.6 Å². The van der Waals surface area contributed by atoms with Gasteiger partial charge in [-0.1, -0.05) is 6.07 Å². The van der Waals surface area contributed by atoms with E-state index >= 15 is 0 Å². The third kappa shape index (κ3) is 3.40. The fourth-order valence-corrected chi connectivity index (χ4v) is 5.39. The van der Waals surface area contributed by atoms with Gasteiger partial charge in [0.25, 0.3) is 0 Å². The fraction of sp³-hybridized carbons (Fsp3) is 0.391. The smallest absolute Gasteiger partial charge is 0.194 e. The minimum Gasteiger partial charge on any atom is -0.368 e. The third-order valence-electron chi connectivity index (χ3n) is 5.94. The van der Waals surface area contributed by atoms with Crippen LogP contribution in [-0.4, -0.2) is 40.3 Å². The van der Waals surface area contributed by atoms with Crippen molar-refractivity contribution in [3.05, 3.63) is 52.3 Å². The van der Waals surface area contributed by atoms with E-state index in [0.29, 0.717) is 18.5 Å². The maximum Gasteiger partial charge on any atom is 0.194 e. The van der Waals surface area contributed by atoms with Crippen molar-refractivity contribution in [1.82, 2.24) is 14.7 Å². The summed E-state index contributed by atoms with van der Waals surface area (Å²) >= 11 is 1.61. The van der Waals surface area contributed by atoms with Crippen LogP contribution in [0.3, 0.4) is 0 Å². The summed E-state index contributed by atoms with van der Waals surface area (Å²) in [6.07, 6.45) is 5.34. The summed E-state index contributed by atoms with van der Waals surface area (Å²) in [7, 11) is 0. The molecule has 1 aliphatic heterocycles. The van der Waals surface area contributed by atoms with E-state index in [4.69, 9.17) is 4.98 Å². The lowest BCUT2D eigenvalue weighted by molar-refractivity contribution is -0.113. The number of benzene rings is 1. The fourth-order valence-electron chi connectivity index (χ4n) is 4.54. The molecular formula is C23H26N4OS. The number of fused-ring (bicyclic) bond motifs is 2. The number of allylic oxidation sites excluding steroid dienone is 1. The molecule has 3 aromatic rings. The first-order valence-electron chi connectivity index (χ1n) is 10.3. The van der Waals surface area contributed by atoms with Crippen LogP contribution in [0.15, 0.2) is 29.8 Å². The van der Waals surface area contributed by atoms with Gasteiger partial charge in [-0.15, -0.1) is 11.3 Å². The molecule has 1 fully saturated rings. The van der Waals surface area contributed by atoms with Crippen LogP contribution in [0.4, 0.5) is 5.69 Å². The number of nitrogens with one attached hydrogen (secondary N) is 1. The highest BCUT2D eigenvalue weighted by Crippen LogP contribution is 2.31. The van der Waals surface area contributed by atoms with Gasteiger partial charge in [0.15, 0.2) is 10.7 Å². The Hall–Kier alpha value is -2.44. The van der Waals surface area contributed by atoms with Gasteiger partial charge in [0.05, 0.1) is 5.69 Å². The Bertz CT molecular complexity index is 1120. The van der Waals surface area contributed by atoms with Crippen LogP contribution in [0, 0.1) is 6.92 Å². The van der Waals surface area contributed by atoms with E-state index in [1.807, 2.05) is 12.3 Å². The molecule has 0 radical (unpaired) electrons. The Morgan fingerprint density at radius 3 is 2.72 bits per heavy atom. The maximum atomic E-state index is 12.9. The van der Waals surface area contributed by atoms with Gasteiger partial charge >= 0.3 is 0 Å². The van der Waals surface area contributed by atoms with Crippen LogP contribution >= 0.6 is 11.3 Å². The molecule has 0 bridgehead atoms. The number of imidazole rings is 1. The zero-order chi connectivity index (χ0) is 20.1. The van der Waals surface area contributed by atoms with Crippen LogP contribution in [0.5, 0.6) is 0 Å². The number of aryl methyl sites for hydroxylation is 2. The highest BCUT2D eigenvalue weighted by atomic mass is 32.1. The van der Waals surface area contributed by atoms with Crippen LogP contribution in [0.2, 0.25) is 0 Å². The summed E-state index contributed by atoms with van der Waals surface area (Å²) in [5.74, 6) is 0.176. The molecule has 1 N–H and O–H groups in total. The molecule has 2 aliphatic rings. The third-order valence-corrected chi connectivity index (χ3v) is 6.89. The number of Topliss-reactive ketones (excluding diaryl/α,β-unsaturated/α-hetero) is 1. The number of hydrogen-bond acceptors (Lipinski definition) is 5. The SMILES string of the molecule is Cc1csc2nc(C3=Cc4ccc(N5C[C@@H](C)N[C@@H](C)C5)cc4CCC3=O)cn12. The van der Waals surface area contributed by atoms with Crippen molar-refractivity contribution >= 4 is 39.4 Å². The summed E-state index contributed by atoms with van der Waals surface area (Å²) in [6.45, 7) is 8.54. The first-order chi connectivity index (χ1) is 14.0. The zero-order valence-electron chi connectivity index (χ0n) is 17.1. The zero-order valence-corrected chi connectivity index (χ0v) is 17.9. The molecule has 2 aromatic heterocycles. The van der Waals surface area contributed by atoms with Crippen molar-refractivity contribution in [3.63, 3.8) is 0 Å². The number of piperazine rings is 1. The second-order valence-electron chi connectivity index (χ2n) is 8.39. The van der Waals surface area contributed by atoms with E-state index in [9.17, 15) is 4.79 Å². The van der Waals surface area contributed by atoms with E-state index in [1.54, 1.807) is 11.3 Å². The van der Waals surface area contributed by atoms with E-state index in [0.717, 1.165) is 47.0 Å². The number of thiazole rings is 1. The number of hydrogen-bond donors (Lipinski definition) is 1. The summed E-state index contributed by atoms with van der Waals surface area (Å²) in [5.41, 5.74) is 6.31. The Balaban J connectivity index is 1.50. The summed E-state index contributed by atoms with van der Waals surface area (Å²) < 4.78 is 2.07. The molecule has 150 valence electrons. The summed E-state index contributed by atoms with van der Waals surface area (Å²) in [4.78, 5) is 21.0. The van der Waals surface area contributed by atoms with Gasteiger partial charge in [0, 0.05) is 60.1 Å². The van der Waals surface area contributed by atoms with Crippen LogP contribution in [-0.2, 0) is 11.2 Å². The van der Waals surface area contributed by atoms with Crippen molar-refractivity contribution in [2.45, 2.75) is 45.7 Å². The van der Waals surface area contributed by atoms with Crippen molar-refractivity contribution < 1.29 is 4.79 Å². The molecule has 29 heavy (non-hydrogen) atoms. The minimum absolute atomic E-state index is 0.176. The topological polar surface area (TPSA) is 49.6 Å². The molecule has 0 amide bonds. The number of anilines is 1. The lowest BCUT2D eigenvalue weighted by atomic mass is 10.0. The normalized spacial score (nSPS) is 22.5. The molecule has 0 spiro atoms. The van der Waals surface area contributed by atoms with Gasteiger partial charge in [-0.2, -0.15) is 0 Å². The second kappa shape index (κ2) is 7.11. The second-order valence-corrected chi connectivity index (χ2v) is 9.23. The van der Waals surface area contributed by atoms with E-state index in [-0.39, 0.29) is 5.78 Å². The van der Waals surface area contributed by atoms with Crippen molar-refractivity contribution in [2.75, 3.05) is 18.0 Å². The summed E-state index contributed by atoms with van der Waals surface area (Å²) in [6, 6.07) is 7.60. The predicted molar refractivity (Wildman–Crippen MR) is 120 cm³/mol. The van der Waals surface area contributed by atoms with E-state index in [2.05, 4.69) is 59.0 Å². The van der Waals surface area contributed by atoms with Gasteiger partial charge in [0.2, 0.25) is 0 Å². The monoisotopic (exact) mass is 406 g/mol. The van der Waals surface area contributed by atoms with Gasteiger partial charge in [0.1, 0.15) is 0 Å². The quantitative estimate of drug-likeness (QED) is 0.700. The molecule has 5 nitrogen and oxygen atoms in total. The molecule has 5 rings (SSSR count). The molecule has 1 aromatic carbocycles. The molecular weight excluding hydrogens is 380 g/mol. The number of carbonyl (C=O) groups is 1. The number of ketones is 1. The average Bonchev–Trinajstić information content (AvgIpc) is 3.21. The molecule has 6 heteroatoms. The number of nitrogens with zero attached hydrogens (tertiary/aromatic N) is 3. The standard InChI is InChI=1S/C23H26N4OS/c1-14-10-26(11-15(2)24-14)19-6-4-18-9-20(22(28)7-5-17(18)8-19)21-12-27-16(3)13-29-23(27)25-21/h4,6,8-9,12-15,24H,5,7,10-11H2,1-3H3/t14-,15+. The predicted octanol–water partition coefficient (Wildman–Crippen LogP) is 3.95. The van der Waals surface area contributed by atoms with Gasteiger partial charge in [-0.05, 0) is 56.5 Å². The first-order valence-corrected chi connectivity index (χ1v) is 11.2. The first kappa shape index (κ1) is 18.6. The lowest BCUT2D eigenvalue weighted by Crippen LogP contribution is -2.54. The van der Waals surface area contributed by atoms with Crippen molar-refractivity contribution in [2.24, 2.45) is 0 Å². The van der Waals surface area contributed by atoms with Gasteiger partial charge in [-0.25, -0.2) is 4.98 Å². The Labute approximate surface area is 175 Å². The number of aromatic nitrogens is 2. The highest BCUT2D eigenvalue weighted by Gasteiger charge is 2.24. The van der Waals surface area contributed by atoms with Crippen LogP contribution < -0.4 is 10.2 Å². The summed E-state index contributed by atoms with van der Waals surface area (Å²) in [5, 5.41) is 5.68. The molecule has 0 saturated carbocycles. The number of rotatable bonds is 2. The lowest BCUT2D eigenvalue weighted by Gasteiger charge is -2.38. The van der Waals surface area contributed by atoms with E-state index < -0.39 is 0 Å². The van der Waals surface area contributed by atoms with Gasteiger partial charge in [-0.3, -0.25) is 9.20 Å². The number of carbonyl (C=O) groups excluding carboxylic acids is 1. The molecule has 1 saturated heterocycles. The molecule has 2 atom stereocenters. The van der Waals surface area contributed by atoms with Gasteiger partial charge < -0.3 is 10.2 Å². The average molecular weight is 407 g/mol. The van der Waals surface area contributed by atoms with E-state index in [1.165, 1.54) is 11.3 Å². The molecule has 3 heterocycles. The largest absolute Gasteiger partial charge is 0.368 e. The van der Waals surface area contributed by atoms with Crippen LogP contribution in [0.1, 0.15) is 42.8 Å². The van der Waals surface area contributed by atoms with Crippen molar-refractivity contribution in [1.29, 1.82) is 0 Å². The Kier molecular flexibility index (Phi) is 4.56. The molecule has 0 unspecified atom stereocenters. The minimum atomic E-state index is 0.176. The Morgan fingerprint density at radius 2 is 1.97 bits per heavy atom. The maximum absolute atomic E-state index is 12.9.